The minimum atomic E-state index is -0.124. The van der Waals surface area contributed by atoms with E-state index in [1.54, 1.807) is 6.20 Å². The lowest BCUT2D eigenvalue weighted by Gasteiger charge is -2.12. The molecule has 21 heavy (non-hydrogen) atoms. The molecule has 0 spiro atoms. The molecule has 0 fully saturated rings. The van der Waals surface area contributed by atoms with Crippen molar-refractivity contribution < 1.29 is 0 Å². The summed E-state index contributed by atoms with van der Waals surface area (Å²) in [6, 6.07) is 7.77. The summed E-state index contributed by atoms with van der Waals surface area (Å²) in [5.41, 5.74) is 1.78. The lowest BCUT2D eigenvalue weighted by Crippen LogP contribution is -2.26. The van der Waals surface area contributed by atoms with E-state index in [1.165, 1.54) is 10.2 Å². The summed E-state index contributed by atoms with van der Waals surface area (Å²) in [7, 11) is 0. The molecule has 112 valence electrons. The highest BCUT2D eigenvalue weighted by Crippen LogP contribution is 2.17. The highest BCUT2D eigenvalue weighted by atomic mass is 79.9. The number of rotatable bonds is 5. The Hall–Kier alpha value is -1.33. The van der Waals surface area contributed by atoms with E-state index in [9.17, 15) is 4.79 Å². The molecular formula is C15H17BrClN3O. The largest absolute Gasteiger partial charge is 0.382 e. The molecule has 1 aromatic heterocycles. The smallest absolute Gasteiger partial charge is 0.283 e. The van der Waals surface area contributed by atoms with Crippen LogP contribution >= 0.6 is 27.5 Å². The summed E-state index contributed by atoms with van der Waals surface area (Å²) in [6.07, 6.45) is 2.52. The van der Waals surface area contributed by atoms with Gasteiger partial charge >= 0.3 is 0 Å². The number of hydrogen-bond donors (Lipinski definition) is 1. The van der Waals surface area contributed by atoms with Gasteiger partial charge in [0.2, 0.25) is 0 Å². The normalized spacial score (nSPS) is 10.9. The van der Waals surface area contributed by atoms with E-state index >= 15 is 0 Å². The van der Waals surface area contributed by atoms with Gasteiger partial charge in [0, 0.05) is 11.6 Å². The van der Waals surface area contributed by atoms with Gasteiger partial charge in [0.25, 0.3) is 5.56 Å². The maximum absolute atomic E-state index is 12.1. The fourth-order valence-corrected chi connectivity index (χ4v) is 2.48. The SMILES string of the molecule is CC(C)n1ncc(NCCc2ccc(Cl)cc2)c(Br)c1=O. The Morgan fingerprint density at radius 3 is 2.62 bits per heavy atom. The quantitative estimate of drug-likeness (QED) is 0.868. The molecule has 0 radical (unpaired) electrons. The topological polar surface area (TPSA) is 46.9 Å². The first-order chi connectivity index (χ1) is 9.99. The molecule has 0 aliphatic rings. The van der Waals surface area contributed by atoms with Gasteiger partial charge in [-0.1, -0.05) is 23.7 Å². The molecule has 1 heterocycles. The predicted octanol–water partition coefficient (Wildman–Crippen LogP) is 3.89. The Balaban J connectivity index is 2.02. The molecule has 0 unspecified atom stereocenters. The van der Waals surface area contributed by atoms with Crippen molar-refractivity contribution in [3.8, 4) is 0 Å². The molecule has 0 saturated carbocycles. The molecule has 0 amide bonds. The molecule has 2 rings (SSSR count). The third-order valence-corrected chi connectivity index (χ3v) is 4.09. The summed E-state index contributed by atoms with van der Waals surface area (Å²) in [4.78, 5) is 12.1. The van der Waals surface area contributed by atoms with Crippen molar-refractivity contribution in [3.63, 3.8) is 0 Å². The van der Waals surface area contributed by atoms with E-state index < -0.39 is 0 Å². The summed E-state index contributed by atoms with van der Waals surface area (Å²) in [5.74, 6) is 0. The molecule has 0 bridgehead atoms. The minimum Gasteiger partial charge on any atom is -0.382 e. The van der Waals surface area contributed by atoms with Gasteiger partial charge in [-0.2, -0.15) is 5.10 Å². The molecule has 0 aliphatic heterocycles. The molecule has 6 heteroatoms. The van der Waals surface area contributed by atoms with Crippen LogP contribution in [0.1, 0.15) is 25.5 Å². The van der Waals surface area contributed by atoms with Gasteiger partial charge < -0.3 is 5.32 Å². The zero-order valence-corrected chi connectivity index (χ0v) is 14.3. The van der Waals surface area contributed by atoms with E-state index in [4.69, 9.17) is 11.6 Å². The van der Waals surface area contributed by atoms with Gasteiger partial charge in [-0.3, -0.25) is 4.79 Å². The van der Waals surface area contributed by atoms with Crippen molar-refractivity contribution in [2.45, 2.75) is 26.3 Å². The zero-order valence-electron chi connectivity index (χ0n) is 11.9. The lowest BCUT2D eigenvalue weighted by atomic mass is 10.1. The van der Waals surface area contributed by atoms with Gasteiger partial charge in [0.15, 0.2) is 0 Å². The molecule has 0 aliphatic carbocycles. The fraction of sp³-hybridized carbons (Fsp3) is 0.333. The minimum absolute atomic E-state index is 0.0388. The predicted molar refractivity (Wildman–Crippen MR) is 90.2 cm³/mol. The van der Waals surface area contributed by atoms with Crippen LogP contribution in [0.5, 0.6) is 0 Å². The number of nitrogens with one attached hydrogen (secondary N) is 1. The maximum atomic E-state index is 12.1. The Morgan fingerprint density at radius 2 is 2.00 bits per heavy atom. The Kier molecular flexibility index (Phi) is 5.42. The summed E-state index contributed by atoms with van der Waals surface area (Å²) in [6.45, 7) is 4.57. The van der Waals surface area contributed by atoms with E-state index in [1.807, 2.05) is 38.1 Å². The number of hydrogen-bond acceptors (Lipinski definition) is 3. The molecule has 0 atom stereocenters. The van der Waals surface area contributed by atoms with Crippen LogP contribution in [0.4, 0.5) is 5.69 Å². The van der Waals surface area contributed by atoms with Gasteiger partial charge in [-0.25, -0.2) is 4.68 Å². The first-order valence-corrected chi connectivity index (χ1v) is 7.91. The van der Waals surface area contributed by atoms with E-state index in [-0.39, 0.29) is 11.6 Å². The summed E-state index contributed by atoms with van der Waals surface area (Å²) in [5, 5.41) is 8.13. The van der Waals surface area contributed by atoms with Gasteiger partial charge in [0.1, 0.15) is 4.47 Å². The number of anilines is 1. The second kappa shape index (κ2) is 7.09. The number of aromatic nitrogens is 2. The average Bonchev–Trinajstić information content (AvgIpc) is 2.45. The zero-order chi connectivity index (χ0) is 15.4. The summed E-state index contributed by atoms with van der Waals surface area (Å²) < 4.78 is 1.97. The van der Waals surface area contributed by atoms with Crippen molar-refractivity contribution in [2.75, 3.05) is 11.9 Å². The summed E-state index contributed by atoms with van der Waals surface area (Å²) >= 11 is 9.19. The van der Waals surface area contributed by atoms with Crippen molar-refractivity contribution in [1.82, 2.24) is 9.78 Å². The molecule has 0 saturated heterocycles. The highest BCUT2D eigenvalue weighted by Gasteiger charge is 2.10. The van der Waals surface area contributed by atoms with Crippen LogP contribution in [0, 0.1) is 0 Å². The second-order valence-corrected chi connectivity index (χ2v) is 6.25. The first-order valence-electron chi connectivity index (χ1n) is 6.74. The monoisotopic (exact) mass is 369 g/mol. The Bertz CT molecular complexity index is 668. The number of benzene rings is 1. The van der Waals surface area contributed by atoms with E-state index in [0.29, 0.717) is 16.7 Å². The third kappa shape index (κ3) is 4.08. The highest BCUT2D eigenvalue weighted by molar-refractivity contribution is 9.10. The van der Waals surface area contributed by atoms with Crippen molar-refractivity contribution in [3.05, 3.63) is 55.9 Å². The van der Waals surface area contributed by atoms with Crippen LogP contribution < -0.4 is 10.9 Å². The maximum Gasteiger partial charge on any atom is 0.283 e. The van der Waals surface area contributed by atoms with Gasteiger partial charge in [-0.15, -0.1) is 0 Å². The van der Waals surface area contributed by atoms with Crippen molar-refractivity contribution >= 4 is 33.2 Å². The van der Waals surface area contributed by atoms with Gasteiger partial charge in [-0.05, 0) is 53.9 Å². The molecule has 1 N–H and O–H groups in total. The van der Waals surface area contributed by atoms with Crippen LogP contribution in [-0.2, 0) is 6.42 Å². The van der Waals surface area contributed by atoms with E-state index in [2.05, 4.69) is 26.3 Å². The van der Waals surface area contributed by atoms with Crippen LogP contribution in [0.15, 0.2) is 39.7 Å². The number of nitrogens with zero attached hydrogens (tertiary/aromatic N) is 2. The van der Waals surface area contributed by atoms with Crippen LogP contribution in [0.2, 0.25) is 5.02 Å². The van der Waals surface area contributed by atoms with Crippen molar-refractivity contribution in [1.29, 1.82) is 0 Å². The fourth-order valence-electron chi connectivity index (χ4n) is 1.93. The van der Waals surface area contributed by atoms with Crippen molar-refractivity contribution in [2.24, 2.45) is 0 Å². The standard InChI is InChI=1S/C15H17BrClN3O/c1-10(2)20-15(21)14(16)13(9-19-20)18-8-7-11-3-5-12(17)6-4-11/h3-6,9-10,18H,7-8H2,1-2H3. The molecule has 1 aromatic carbocycles. The average molecular weight is 371 g/mol. The Labute approximate surface area is 137 Å². The van der Waals surface area contributed by atoms with Crippen LogP contribution in [-0.4, -0.2) is 16.3 Å². The first kappa shape index (κ1) is 16.0. The van der Waals surface area contributed by atoms with Crippen LogP contribution in [0.3, 0.4) is 0 Å². The van der Waals surface area contributed by atoms with E-state index in [0.717, 1.165) is 11.4 Å². The van der Waals surface area contributed by atoms with Crippen LogP contribution in [0.25, 0.3) is 0 Å². The molecule has 4 nitrogen and oxygen atoms in total. The lowest BCUT2D eigenvalue weighted by molar-refractivity contribution is 0.501. The molecule has 2 aromatic rings. The van der Waals surface area contributed by atoms with Gasteiger partial charge in [0.05, 0.1) is 17.9 Å². The second-order valence-electron chi connectivity index (χ2n) is 5.02. The third-order valence-electron chi connectivity index (χ3n) is 3.08. The molecular weight excluding hydrogens is 354 g/mol. The number of halogens is 2. The Morgan fingerprint density at radius 1 is 1.33 bits per heavy atom.